The first-order chi connectivity index (χ1) is 13.0. The third-order valence-corrected chi connectivity index (χ3v) is 4.98. The first kappa shape index (κ1) is 17.6. The van der Waals surface area contributed by atoms with Gasteiger partial charge in [-0.15, -0.1) is 5.10 Å². The van der Waals surface area contributed by atoms with Gasteiger partial charge in [0.1, 0.15) is 12.1 Å². The molecule has 2 heterocycles. The molecule has 0 bridgehead atoms. The Kier molecular flexibility index (Phi) is 4.41. The van der Waals surface area contributed by atoms with Crippen LogP contribution in [-0.4, -0.2) is 24.5 Å². The van der Waals surface area contributed by atoms with E-state index in [9.17, 15) is 9.18 Å². The Labute approximate surface area is 162 Å². The van der Waals surface area contributed by atoms with Crippen LogP contribution in [0.4, 0.5) is 4.39 Å². The summed E-state index contributed by atoms with van der Waals surface area (Å²) in [6.07, 6.45) is 1.32. The summed E-state index contributed by atoms with van der Waals surface area (Å²) in [4.78, 5) is 17.0. The second kappa shape index (κ2) is 6.75. The summed E-state index contributed by atoms with van der Waals surface area (Å²) in [5, 5.41) is 8.76. The number of nitrogens with zero attached hydrogens (tertiary/aromatic N) is 5. The van der Waals surface area contributed by atoms with Gasteiger partial charge in [0, 0.05) is 15.6 Å². The van der Waals surface area contributed by atoms with Crippen molar-refractivity contribution in [1.82, 2.24) is 24.5 Å². The van der Waals surface area contributed by atoms with Crippen molar-refractivity contribution in [2.24, 2.45) is 0 Å². The molecule has 0 amide bonds. The topological polar surface area (TPSA) is 65.6 Å². The van der Waals surface area contributed by atoms with Gasteiger partial charge in [-0.2, -0.15) is 4.68 Å². The summed E-state index contributed by atoms with van der Waals surface area (Å²) in [6, 6.07) is 9.72. The van der Waals surface area contributed by atoms with Crippen molar-refractivity contribution in [3.05, 3.63) is 80.1 Å². The Morgan fingerprint density at radius 2 is 1.96 bits per heavy atom. The van der Waals surface area contributed by atoms with E-state index in [0.717, 1.165) is 5.56 Å². The zero-order chi connectivity index (χ0) is 19.1. The average molecular weight is 404 g/mol. The number of aryl methyl sites for hydroxylation is 1. The van der Waals surface area contributed by atoms with Crippen molar-refractivity contribution in [3.8, 4) is 5.69 Å². The summed E-state index contributed by atoms with van der Waals surface area (Å²) in [5.74, 6) is -0.493. The van der Waals surface area contributed by atoms with Crippen LogP contribution in [0.2, 0.25) is 10.0 Å². The number of aromatic nitrogens is 5. The van der Waals surface area contributed by atoms with Gasteiger partial charge < -0.3 is 0 Å². The predicted octanol–water partition coefficient (Wildman–Crippen LogP) is 3.78. The smallest absolute Gasteiger partial charge is 0.283 e. The SMILES string of the molecule is Cc1ccc(-n2nnc3c(=O)n(Cc4c(F)cccc4Cl)cnc32)cc1Cl. The second-order valence-electron chi connectivity index (χ2n) is 5.98. The molecule has 0 saturated heterocycles. The van der Waals surface area contributed by atoms with Crippen molar-refractivity contribution in [2.75, 3.05) is 0 Å². The second-order valence-corrected chi connectivity index (χ2v) is 6.80. The highest BCUT2D eigenvalue weighted by molar-refractivity contribution is 6.31. The van der Waals surface area contributed by atoms with Crippen LogP contribution >= 0.6 is 23.2 Å². The average Bonchev–Trinajstić information content (AvgIpc) is 3.07. The van der Waals surface area contributed by atoms with E-state index in [1.54, 1.807) is 12.1 Å². The standard InChI is InChI=1S/C18H12Cl2FN5O/c1-10-5-6-11(7-14(10)20)26-17-16(23-24-26)18(27)25(9-22-17)8-12-13(19)3-2-4-15(12)21/h2-7,9H,8H2,1H3. The van der Waals surface area contributed by atoms with Gasteiger partial charge in [-0.05, 0) is 36.8 Å². The molecule has 136 valence electrons. The highest BCUT2D eigenvalue weighted by atomic mass is 35.5. The van der Waals surface area contributed by atoms with Gasteiger partial charge >= 0.3 is 0 Å². The van der Waals surface area contributed by atoms with E-state index in [0.29, 0.717) is 10.7 Å². The molecule has 0 saturated carbocycles. The molecule has 9 heteroatoms. The quantitative estimate of drug-likeness (QED) is 0.521. The van der Waals surface area contributed by atoms with E-state index < -0.39 is 11.4 Å². The molecule has 2 aromatic carbocycles. The zero-order valence-corrected chi connectivity index (χ0v) is 15.5. The molecule has 0 N–H and O–H groups in total. The third kappa shape index (κ3) is 3.09. The fourth-order valence-electron chi connectivity index (χ4n) is 2.70. The summed E-state index contributed by atoms with van der Waals surface area (Å²) in [5.41, 5.74) is 1.68. The summed E-state index contributed by atoms with van der Waals surface area (Å²) >= 11 is 12.2. The van der Waals surface area contributed by atoms with Crippen molar-refractivity contribution < 1.29 is 4.39 Å². The van der Waals surface area contributed by atoms with Crippen LogP contribution in [0.1, 0.15) is 11.1 Å². The van der Waals surface area contributed by atoms with Crippen LogP contribution in [0, 0.1) is 12.7 Å². The lowest BCUT2D eigenvalue weighted by atomic mass is 10.2. The number of fused-ring (bicyclic) bond motifs is 1. The molecule has 6 nitrogen and oxygen atoms in total. The lowest BCUT2D eigenvalue weighted by molar-refractivity contribution is 0.595. The van der Waals surface area contributed by atoms with Gasteiger partial charge in [0.2, 0.25) is 0 Å². The van der Waals surface area contributed by atoms with E-state index in [-0.39, 0.29) is 28.3 Å². The van der Waals surface area contributed by atoms with Crippen molar-refractivity contribution in [3.63, 3.8) is 0 Å². The Morgan fingerprint density at radius 3 is 2.70 bits per heavy atom. The van der Waals surface area contributed by atoms with Crippen LogP contribution in [0.25, 0.3) is 16.9 Å². The molecule has 0 atom stereocenters. The highest BCUT2D eigenvalue weighted by Gasteiger charge is 2.16. The number of hydrogen-bond donors (Lipinski definition) is 0. The number of halogens is 3. The molecule has 0 aliphatic heterocycles. The molecule has 0 fully saturated rings. The van der Waals surface area contributed by atoms with E-state index >= 15 is 0 Å². The molecule has 0 aliphatic rings. The molecular formula is C18H12Cl2FN5O. The number of rotatable bonds is 3. The van der Waals surface area contributed by atoms with E-state index in [4.69, 9.17) is 23.2 Å². The Bertz CT molecular complexity index is 1210. The highest BCUT2D eigenvalue weighted by Crippen LogP contribution is 2.21. The van der Waals surface area contributed by atoms with Crippen LogP contribution in [-0.2, 0) is 6.54 Å². The van der Waals surface area contributed by atoms with E-state index in [2.05, 4.69) is 15.3 Å². The maximum atomic E-state index is 14.0. The number of hydrogen-bond acceptors (Lipinski definition) is 4. The maximum absolute atomic E-state index is 14.0. The zero-order valence-electron chi connectivity index (χ0n) is 14.0. The third-order valence-electron chi connectivity index (χ3n) is 4.22. The molecule has 0 aliphatic carbocycles. The van der Waals surface area contributed by atoms with Crippen LogP contribution in [0.15, 0.2) is 47.5 Å². The molecule has 0 unspecified atom stereocenters. The minimum absolute atomic E-state index is 0.0590. The van der Waals surface area contributed by atoms with Gasteiger partial charge in [-0.3, -0.25) is 9.36 Å². The Balaban J connectivity index is 1.80. The Hall–Kier alpha value is -2.77. The molecule has 4 aromatic rings. The van der Waals surface area contributed by atoms with Crippen molar-refractivity contribution in [1.29, 1.82) is 0 Å². The van der Waals surface area contributed by atoms with Gasteiger partial charge in [0.15, 0.2) is 11.2 Å². The number of benzene rings is 2. The van der Waals surface area contributed by atoms with Crippen molar-refractivity contribution >= 4 is 34.4 Å². The van der Waals surface area contributed by atoms with Crippen LogP contribution in [0.3, 0.4) is 0 Å². The molecule has 0 spiro atoms. The summed E-state index contributed by atoms with van der Waals surface area (Å²) in [6.45, 7) is 1.83. The monoisotopic (exact) mass is 403 g/mol. The first-order valence-electron chi connectivity index (χ1n) is 7.96. The molecule has 4 rings (SSSR count). The fraction of sp³-hybridized carbons (Fsp3) is 0.111. The van der Waals surface area contributed by atoms with E-state index in [1.165, 1.54) is 27.7 Å². The van der Waals surface area contributed by atoms with Gasteiger partial charge in [0.05, 0.1) is 12.2 Å². The van der Waals surface area contributed by atoms with Crippen molar-refractivity contribution in [2.45, 2.75) is 13.5 Å². The fourth-order valence-corrected chi connectivity index (χ4v) is 3.10. The molecular weight excluding hydrogens is 392 g/mol. The maximum Gasteiger partial charge on any atom is 0.283 e. The first-order valence-corrected chi connectivity index (χ1v) is 8.71. The summed E-state index contributed by atoms with van der Waals surface area (Å²) < 4.78 is 16.7. The van der Waals surface area contributed by atoms with E-state index in [1.807, 2.05) is 19.1 Å². The van der Waals surface area contributed by atoms with Gasteiger partial charge in [0.25, 0.3) is 5.56 Å². The van der Waals surface area contributed by atoms with Gasteiger partial charge in [-0.25, -0.2) is 9.37 Å². The largest absolute Gasteiger partial charge is 0.293 e. The predicted molar refractivity (Wildman–Crippen MR) is 101 cm³/mol. The lowest BCUT2D eigenvalue weighted by Gasteiger charge is -2.08. The lowest BCUT2D eigenvalue weighted by Crippen LogP contribution is -2.22. The molecule has 2 aromatic heterocycles. The molecule has 27 heavy (non-hydrogen) atoms. The normalized spacial score (nSPS) is 11.3. The van der Waals surface area contributed by atoms with Crippen LogP contribution < -0.4 is 5.56 Å². The Morgan fingerprint density at radius 1 is 1.15 bits per heavy atom. The van der Waals surface area contributed by atoms with Crippen LogP contribution in [0.5, 0.6) is 0 Å². The minimum Gasteiger partial charge on any atom is -0.293 e. The summed E-state index contributed by atoms with van der Waals surface area (Å²) in [7, 11) is 0. The minimum atomic E-state index is -0.493. The molecule has 0 radical (unpaired) electrons. The van der Waals surface area contributed by atoms with Gasteiger partial charge in [-0.1, -0.05) is 40.5 Å².